The van der Waals surface area contributed by atoms with Gasteiger partial charge in [-0.1, -0.05) is 42.0 Å². The van der Waals surface area contributed by atoms with Gasteiger partial charge < -0.3 is 30.9 Å². The molecule has 5 heterocycles. The summed E-state index contributed by atoms with van der Waals surface area (Å²) in [6.45, 7) is 6.25. The van der Waals surface area contributed by atoms with Crippen molar-refractivity contribution in [2.45, 2.75) is 94.3 Å². The van der Waals surface area contributed by atoms with Crippen LogP contribution in [0.5, 0.6) is 0 Å². The average Bonchev–Trinajstić information content (AvgIpc) is 3.91. The van der Waals surface area contributed by atoms with Crippen LogP contribution in [0.25, 0.3) is 11.1 Å². The van der Waals surface area contributed by atoms with Crippen molar-refractivity contribution in [3.05, 3.63) is 107 Å². The highest BCUT2D eigenvalue weighted by Crippen LogP contribution is 2.49. The number of likely N-dealkylation sites (tertiary alicyclic amines) is 1. The van der Waals surface area contributed by atoms with Crippen LogP contribution in [-0.4, -0.2) is 103 Å². The minimum Gasteiger partial charge on any atom is -0.394 e. The predicted octanol–water partition coefficient (Wildman–Crippen LogP) is 6.28. The maximum Gasteiger partial charge on any atom is 0.255 e. The van der Waals surface area contributed by atoms with Crippen molar-refractivity contribution in [1.82, 2.24) is 19.4 Å². The molecule has 65 heavy (non-hydrogen) atoms. The van der Waals surface area contributed by atoms with E-state index in [0.717, 1.165) is 97.5 Å². The van der Waals surface area contributed by atoms with E-state index in [4.69, 9.17) is 0 Å². The molecule has 4 atom stereocenters. The smallest absolute Gasteiger partial charge is 0.255 e. The number of sulfonamides is 1. The fraction of sp³-hybridized carbons (Fsp3) is 0.440. The number of aliphatic hydroxyl groups excluding tert-OH is 1. The second kappa shape index (κ2) is 19.1. The second-order valence-corrected chi connectivity index (χ2v) is 20.3. The third kappa shape index (κ3) is 9.42. The van der Waals surface area contributed by atoms with Gasteiger partial charge in [0.2, 0.25) is 27.7 Å². The molecule has 3 saturated heterocycles. The Morgan fingerprint density at radius 1 is 0.877 bits per heavy atom. The Balaban J connectivity index is 0.727. The molecule has 1 unspecified atom stereocenters. The van der Waals surface area contributed by atoms with Gasteiger partial charge in [-0.25, -0.2) is 8.42 Å². The number of hydrogen-bond acceptors (Lipinski definition) is 10. The van der Waals surface area contributed by atoms with E-state index in [1.165, 1.54) is 0 Å². The van der Waals surface area contributed by atoms with Crippen molar-refractivity contribution in [2.24, 2.45) is 11.8 Å². The molecule has 0 bridgehead atoms. The van der Waals surface area contributed by atoms with E-state index < -0.39 is 28.0 Å². The van der Waals surface area contributed by atoms with E-state index in [0.29, 0.717) is 49.5 Å². The summed E-state index contributed by atoms with van der Waals surface area (Å²) in [6, 6.07) is 25.1. The fourth-order valence-corrected chi connectivity index (χ4v) is 12.3. The number of imide groups is 1. The molecule has 4 aromatic rings. The van der Waals surface area contributed by atoms with E-state index in [1.807, 2.05) is 73.7 Å². The zero-order chi connectivity index (χ0) is 45.2. The molecular weight excluding hydrogens is 843 g/mol. The SMILES string of the molecule is Cc1ccc(S(=O)(=O)N2CC[C@@H]3[C@H](CO)Nc4ccc(-c5cccc(NC(=O)CCCN6CCC(CCCNc7cccc8c7CN(C7CCC(=O)NC7=O)C8=O)CC6)c5)cc4[C@@H]32)cc1. The zero-order valence-electron chi connectivity index (χ0n) is 36.9. The van der Waals surface area contributed by atoms with Crippen LogP contribution in [-0.2, 0) is 31.0 Å². The molecule has 342 valence electrons. The summed E-state index contributed by atoms with van der Waals surface area (Å²) in [7, 11) is -3.79. The number of aliphatic hydroxyl groups is 1. The first-order valence-corrected chi connectivity index (χ1v) is 24.6. The summed E-state index contributed by atoms with van der Waals surface area (Å²) < 4.78 is 29.7. The van der Waals surface area contributed by atoms with E-state index >= 15 is 0 Å². The Hall–Kier alpha value is -5.61. The summed E-state index contributed by atoms with van der Waals surface area (Å²) in [5.74, 6) is -0.334. The topological polar surface area (TPSA) is 180 Å². The third-order valence-electron chi connectivity index (χ3n) is 14.2. The number of carbonyl (C=O) groups is 4. The van der Waals surface area contributed by atoms with Gasteiger partial charge in [0.25, 0.3) is 5.91 Å². The monoisotopic (exact) mass is 901 g/mol. The van der Waals surface area contributed by atoms with E-state index in [1.54, 1.807) is 21.3 Å². The van der Waals surface area contributed by atoms with E-state index in [-0.39, 0.29) is 47.6 Å². The molecule has 0 saturated carbocycles. The Morgan fingerprint density at radius 2 is 1.66 bits per heavy atom. The van der Waals surface area contributed by atoms with Crippen LogP contribution in [0.2, 0.25) is 0 Å². The van der Waals surface area contributed by atoms with Gasteiger partial charge in [-0.2, -0.15) is 4.31 Å². The molecule has 5 N–H and O–H groups in total. The molecule has 4 amide bonds. The standard InChI is InChI=1S/C50H59N7O7S/c1-32-12-15-37(16-13-32)65(63,64)57-27-22-39-44(31-58)53-43-17-14-35(29-40(43)48(39)57)34-7-2-8-36(28-34)52-46(59)11-5-24-55-25-20-33(21-26-55)6-4-23-51-42-10-3-9-38-41(42)30-56(50(38)62)45-18-19-47(60)54-49(45)61/h2-3,7-10,12-17,28-29,33,39,44-45,48,51,53,58H,4-6,11,18-27,30-31H2,1H3,(H,52,59)(H,54,60,61)/t39-,44+,45?,48-/m1/s1. The Bertz CT molecular complexity index is 2560. The van der Waals surface area contributed by atoms with Gasteiger partial charge in [0.15, 0.2) is 0 Å². The normalized spacial score (nSPS) is 22.5. The van der Waals surface area contributed by atoms with Gasteiger partial charge >= 0.3 is 0 Å². The van der Waals surface area contributed by atoms with Crippen LogP contribution in [0, 0.1) is 18.8 Å². The van der Waals surface area contributed by atoms with Crippen molar-refractivity contribution < 1.29 is 32.7 Å². The lowest BCUT2D eigenvalue weighted by Gasteiger charge is -2.39. The van der Waals surface area contributed by atoms with Crippen LogP contribution >= 0.6 is 0 Å². The molecule has 15 heteroatoms. The summed E-state index contributed by atoms with van der Waals surface area (Å²) in [4.78, 5) is 54.8. The lowest BCUT2D eigenvalue weighted by molar-refractivity contribution is -0.137. The highest BCUT2D eigenvalue weighted by molar-refractivity contribution is 7.89. The van der Waals surface area contributed by atoms with Gasteiger partial charge in [-0.15, -0.1) is 0 Å². The number of nitrogens with one attached hydrogen (secondary N) is 4. The lowest BCUT2D eigenvalue weighted by Crippen LogP contribution is -2.52. The number of benzene rings is 4. The van der Waals surface area contributed by atoms with Crippen LogP contribution in [0.3, 0.4) is 0 Å². The van der Waals surface area contributed by atoms with Gasteiger partial charge in [-0.3, -0.25) is 24.5 Å². The highest BCUT2D eigenvalue weighted by atomic mass is 32.2. The van der Waals surface area contributed by atoms with E-state index in [9.17, 15) is 32.7 Å². The van der Waals surface area contributed by atoms with Gasteiger partial charge in [-0.05, 0) is 143 Å². The molecule has 5 aliphatic rings. The number of fused-ring (bicyclic) bond motifs is 4. The number of piperidine rings is 2. The van der Waals surface area contributed by atoms with Gasteiger partial charge in [0.1, 0.15) is 6.04 Å². The van der Waals surface area contributed by atoms with Crippen LogP contribution in [0.4, 0.5) is 17.1 Å². The quantitative estimate of drug-likeness (QED) is 0.0673. The van der Waals surface area contributed by atoms with Crippen molar-refractivity contribution in [2.75, 3.05) is 55.3 Å². The minimum atomic E-state index is -3.79. The lowest BCUT2D eigenvalue weighted by atomic mass is 9.82. The fourth-order valence-electron chi connectivity index (χ4n) is 10.6. The van der Waals surface area contributed by atoms with Crippen molar-refractivity contribution in [3.63, 3.8) is 0 Å². The van der Waals surface area contributed by atoms with Crippen LogP contribution in [0.15, 0.2) is 89.8 Å². The molecule has 4 aromatic carbocycles. The molecule has 0 aliphatic carbocycles. The molecule has 5 aliphatic heterocycles. The maximum atomic E-state index is 14.0. The van der Waals surface area contributed by atoms with Crippen LogP contribution in [0.1, 0.15) is 90.9 Å². The number of amides is 4. The molecule has 14 nitrogen and oxygen atoms in total. The molecular formula is C50H59N7O7S. The maximum absolute atomic E-state index is 14.0. The summed E-state index contributed by atoms with van der Waals surface area (Å²) in [6.07, 6.45) is 6.77. The summed E-state index contributed by atoms with van der Waals surface area (Å²) in [5.41, 5.74) is 7.67. The molecule has 9 rings (SSSR count). The largest absolute Gasteiger partial charge is 0.394 e. The Labute approximate surface area is 381 Å². The zero-order valence-corrected chi connectivity index (χ0v) is 37.7. The minimum absolute atomic E-state index is 0.0305. The number of hydrogen-bond donors (Lipinski definition) is 5. The summed E-state index contributed by atoms with van der Waals surface area (Å²) >= 11 is 0. The highest BCUT2D eigenvalue weighted by Gasteiger charge is 2.48. The molecule has 3 fully saturated rings. The number of nitrogens with zero attached hydrogens (tertiary/aromatic N) is 3. The number of carbonyl (C=O) groups excluding carboxylic acids is 4. The first kappa shape index (κ1) is 44.6. The Kier molecular flexibility index (Phi) is 13.1. The van der Waals surface area contributed by atoms with E-state index in [2.05, 4.69) is 32.2 Å². The number of anilines is 3. The first-order chi connectivity index (χ1) is 31.5. The third-order valence-corrected chi connectivity index (χ3v) is 16.1. The molecule has 0 radical (unpaired) electrons. The molecule has 0 aromatic heterocycles. The molecule has 0 spiro atoms. The van der Waals surface area contributed by atoms with Gasteiger partial charge in [0, 0.05) is 66.6 Å². The predicted molar refractivity (Wildman–Crippen MR) is 250 cm³/mol. The Morgan fingerprint density at radius 3 is 2.45 bits per heavy atom. The number of rotatable bonds is 15. The summed E-state index contributed by atoms with van der Waals surface area (Å²) in [5, 5.41) is 22.8. The number of aryl methyl sites for hydroxylation is 1. The first-order valence-electron chi connectivity index (χ1n) is 23.2. The van der Waals surface area contributed by atoms with Crippen molar-refractivity contribution in [1.29, 1.82) is 0 Å². The van der Waals surface area contributed by atoms with Crippen molar-refractivity contribution in [3.8, 4) is 11.1 Å². The average molecular weight is 902 g/mol. The van der Waals surface area contributed by atoms with Crippen molar-refractivity contribution >= 4 is 50.7 Å². The van der Waals surface area contributed by atoms with Crippen LogP contribution < -0.4 is 21.3 Å². The van der Waals surface area contributed by atoms with Gasteiger partial charge in [0.05, 0.1) is 23.6 Å². The second-order valence-electron chi connectivity index (χ2n) is 18.4.